The smallest absolute Gasteiger partial charge is 0.0877 e. The van der Waals surface area contributed by atoms with E-state index in [0.717, 1.165) is 6.42 Å². The standard InChI is InChI=1S/C12H21NO2/c1-5-11(4)8-12(14,6-7-15-11)10(2,3)9-13/h14H,5-8H2,1-4H3. The van der Waals surface area contributed by atoms with Gasteiger partial charge in [-0.1, -0.05) is 6.92 Å². The lowest BCUT2D eigenvalue weighted by molar-refractivity contribution is -0.182. The Bertz CT molecular complexity index is 282. The molecule has 0 radical (unpaired) electrons. The molecule has 3 nitrogen and oxygen atoms in total. The minimum atomic E-state index is -0.926. The summed E-state index contributed by atoms with van der Waals surface area (Å²) in [5, 5.41) is 19.7. The van der Waals surface area contributed by atoms with E-state index in [4.69, 9.17) is 10.00 Å². The van der Waals surface area contributed by atoms with E-state index in [-0.39, 0.29) is 5.60 Å². The lowest BCUT2D eigenvalue weighted by Crippen LogP contribution is -2.54. The van der Waals surface area contributed by atoms with E-state index in [9.17, 15) is 5.11 Å². The Hall–Kier alpha value is -0.590. The van der Waals surface area contributed by atoms with E-state index in [1.165, 1.54) is 0 Å². The highest BCUT2D eigenvalue weighted by Crippen LogP contribution is 2.44. The molecule has 1 fully saturated rings. The van der Waals surface area contributed by atoms with Gasteiger partial charge in [0.15, 0.2) is 0 Å². The molecule has 1 N–H and O–H groups in total. The molecule has 2 atom stereocenters. The van der Waals surface area contributed by atoms with Gasteiger partial charge < -0.3 is 9.84 Å². The molecule has 0 bridgehead atoms. The fourth-order valence-electron chi connectivity index (χ4n) is 2.09. The van der Waals surface area contributed by atoms with Gasteiger partial charge in [-0.3, -0.25) is 0 Å². The van der Waals surface area contributed by atoms with Crippen molar-refractivity contribution >= 4 is 0 Å². The molecule has 1 heterocycles. The highest BCUT2D eigenvalue weighted by Gasteiger charge is 2.50. The SMILES string of the molecule is CCC1(C)CC(O)(C(C)(C)C#N)CCO1. The quantitative estimate of drug-likeness (QED) is 0.762. The fraction of sp³-hybridized carbons (Fsp3) is 0.917. The third-order valence-electron chi connectivity index (χ3n) is 3.82. The largest absolute Gasteiger partial charge is 0.388 e. The number of rotatable bonds is 2. The van der Waals surface area contributed by atoms with Crippen LogP contribution in [0.1, 0.15) is 47.0 Å². The molecule has 86 valence electrons. The van der Waals surface area contributed by atoms with Crippen LogP contribution in [0.15, 0.2) is 0 Å². The van der Waals surface area contributed by atoms with E-state index >= 15 is 0 Å². The van der Waals surface area contributed by atoms with Gasteiger partial charge in [-0.15, -0.1) is 0 Å². The minimum Gasteiger partial charge on any atom is -0.388 e. The maximum absolute atomic E-state index is 10.6. The molecule has 3 heteroatoms. The summed E-state index contributed by atoms with van der Waals surface area (Å²) in [7, 11) is 0. The van der Waals surface area contributed by atoms with Crippen molar-refractivity contribution in [3.05, 3.63) is 0 Å². The Balaban J connectivity index is 2.92. The van der Waals surface area contributed by atoms with Crippen LogP contribution >= 0.6 is 0 Å². The molecule has 0 aliphatic carbocycles. The van der Waals surface area contributed by atoms with Crippen molar-refractivity contribution in [1.82, 2.24) is 0 Å². The van der Waals surface area contributed by atoms with Crippen molar-refractivity contribution in [2.75, 3.05) is 6.61 Å². The van der Waals surface area contributed by atoms with Crippen LogP contribution in [0.4, 0.5) is 0 Å². The molecule has 0 aromatic heterocycles. The zero-order valence-corrected chi connectivity index (χ0v) is 10.1. The van der Waals surface area contributed by atoms with Gasteiger partial charge in [0.1, 0.15) is 0 Å². The Morgan fingerprint density at radius 3 is 2.60 bits per heavy atom. The molecule has 0 saturated carbocycles. The Morgan fingerprint density at radius 1 is 1.53 bits per heavy atom. The van der Waals surface area contributed by atoms with Gasteiger partial charge in [-0.2, -0.15) is 5.26 Å². The van der Waals surface area contributed by atoms with Crippen LogP contribution in [0, 0.1) is 16.7 Å². The van der Waals surface area contributed by atoms with Crippen molar-refractivity contribution in [3.63, 3.8) is 0 Å². The first-order chi connectivity index (χ1) is 6.79. The Kier molecular flexibility index (Phi) is 3.14. The molecule has 0 aromatic rings. The number of hydrogen-bond donors (Lipinski definition) is 1. The van der Waals surface area contributed by atoms with Crippen LogP contribution < -0.4 is 0 Å². The van der Waals surface area contributed by atoms with E-state index in [2.05, 4.69) is 6.07 Å². The number of hydrogen-bond acceptors (Lipinski definition) is 3. The first-order valence-corrected chi connectivity index (χ1v) is 5.56. The molecule has 0 amide bonds. The van der Waals surface area contributed by atoms with Crippen LogP contribution in [0.5, 0.6) is 0 Å². The molecule has 0 aromatic carbocycles. The predicted molar refractivity (Wildman–Crippen MR) is 58.2 cm³/mol. The summed E-state index contributed by atoms with van der Waals surface area (Å²) < 4.78 is 5.68. The summed E-state index contributed by atoms with van der Waals surface area (Å²) in [6.07, 6.45) is 1.94. The van der Waals surface area contributed by atoms with Gasteiger partial charge >= 0.3 is 0 Å². The Labute approximate surface area is 92.0 Å². The highest BCUT2D eigenvalue weighted by molar-refractivity contribution is 5.10. The first-order valence-electron chi connectivity index (χ1n) is 5.56. The van der Waals surface area contributed by atoms with Gasteiger partial charge in [0.2, 0.25) is 0 Å². The normalized spacial score (nSPS) is 37.3. The zero-order valence-electron chi connectivity index (χ0n) is 10.1. The molecule has 15 heavy (non-hydrogen) atoms. The van der Waals surface area contributed by atoms with Crippen molar-refractivity contribution in [2.24, 2.45) is 5.41 Å². The van der Waals surface area contributed by atoms with Gasteiger partial charge in [0.05, 0.1) is 29.3 Å². The fourth-order valence-corrected chi connectivity index (χ4v) is 2.09. The predicted octanol–water partition coefficient (Wildman–Crippen LogP) is 2.25. The highest BCUT2D eigenvalue weighted by atomic mass is 16.5. The molecular formula is C12H21NO2. The second kappa shape index (κ2) is 3.77. The third-order valence-corrected chi connectivity index (χ3v) is 3.82. The summed E-state index contributed by atoms with van der Waals surface area (Å²) in [6.45, 7) is 8.18. The topological polar surface area (TPSA) is 53.2 Å². The second-order valence-corrected chi connectivity index (χ2v) is 5.35. The number of aliphatic hydroxyl groups is 1. The lowest BCUT2D eigenvalue weighted by atomic mass is 9.67. The minimum absolute atomic E-state index is 0.291. The van der Waals surface area contributed by atoms with Crippen LogP contribution in [-0.2, 0) is 4.74 Å². The maximum Gasteiger partial charge on any atom is 0.0877 e. The number of nitrogens with zero attached hydrogens (tertiary/aromatic N) is 1. The van der Waals surface area contributed by atoms with Crippen molar-refractivity contribution in [1.29, 1.82) is 5.26 Å². The molecule has 1 aliphatic rings. The van der Waals surface area contributed by atoms with Crippen molar-refractivity contribution in [2.45, 2.75) is 58.2 Å². The summed E-state index contributed by atoms with van der Waals surface area (Å²) in [5.74, 6) is 0. The molecule has 1 rings (SSSR count). The third kappa shape index (κ3) is 2.16. The molecule has 2 unspecified atom stereocenters. The lowest BCUT2D eigenvalue weighted by Gasteiger charge is -2.48. The molecular weight excluding hydrogens is 190 g/mol. The van der Waals surface area contributed by atoms with Gasteiger partial charge in [-0.25, -0.2) is 0 Å². The van der Waals surface area contributed by atoms with E-state index in [1.807, 2.05) is 13.8 Å². The molecule has 0 spiro atoms. The van der Waals surface area contributed by atoms with Gasteiger partial charge in [0, 0.05) is 12.8 Å². The summed E-state index contributed by atoms with van der Waals surface area (Å²) >= 11 is 0. The summed E-state index contributed by atoms with van der Waals surface area (Å²) in [5.41, 5.74) is -1.93. The maximum atomic E-state index is 10.6. The van der Waals surface area contributed by atoms with Gasteiger partial charge in [-0.05, 0) is 27.2 Å². The monoisotopic (exact) mass is 211 g/mol. The first kappa shape index (κ1) is 12.5. The van der Waals surface area contributed by atoms with Crippen LogP contribution in [0.2, 0.25) is 0 Å². The number of nitriles is 1. The molecule has 1 aliphatic heterocycles. The Morgan fingerprint density at radius 2 is 2.13 bits per heavy atom. The van der Waals surface area contributed by atoms with Crippen LogP contribution in [0.25, 0.3) is 0 Å². The van der Waals surface area contributed by atoms with E-state index < -0.39 is 11.0 Å². The summed E-state index contributed by atoms with van der Waals surface area (Å²) in [6, 6.07) is 2.21. The average molecular weight is 211 g/mol. The van der Waals surface area contributed by atoms with Crippen molar-refractivity contribution in [3.8, 4) is 6.07 Å². The van der Waals surface area contributed by atoms with E-state index in [1.54, 1.807) is 13.8 Å². The van der Waals surface area contributed by atoms with Crippen LogP contribution in [-0.4, -0.2) is 22.9 Å². The number of ether oxygens (including phenoxy) is 1. The second-order valence-electron chi connectivity index (χ2n) is 5.35. The van der Waals surface area contributed by atoms with E-state index in [0.29, 0.717) is 19.4 Å². The zero-order chi connectivity index (χ0) is 11.7. The summed E-state index contributed by atoms with van der Waals surface area (Å²) in [4.78, 5) is 0. The van der Waals surface area contributed by atoms with Crippen molar-refractivity contribution < 1.29 is 9.84 Å². The molecule has 1 saturated heterocycles. The average Bonchev–Trinajstić information content (AvgIpc) is 2.17. The van der Waals surface area contributed by atoms with Crippen LogP contribution in [0.3, 0.4) is 0 Å². The van der Waals surface area contributed by atoms with Gasteiger partial charge in [0.25, 0.3) is 0 Å².